The van der Waals surface area contributed by atoms with Crippen molar-refractivity contribution < 1.29 is 28.7 Å². The lowest BCUT2D eigenvalue weighted by Crippen LogP contribution is -2.54. The highest BCUT2D eigenvalue weighted by atomic mass is 79.9. The molecule has 2 N–H and O–H groups in total. The van der Waals surface area contributed by atoms with E-state index in [1.54, 1.807) is 36.4 Å². The van der Waals surface area contributed by atoms with Crippen molar-refractivity contribution in [1.82, 2.24) is 5.32 Å². The number of hydrogen-bond acceptors (Lipinski definition) is 6. The topological polar surface area (TPSA) is 114 Å². The summed E-state index contributed by atoms with van der Waals surface area (Å²) in [6, 6.07) is 14.6. The Morgan fingerprint density at radius 1 is 0.975 bits per heavy atom. The maximum absolute atomic E-state index is 13.2. The molecule has 1 heterocycles. The molecule has 40 heavy (non-hydrogen) atoms. The van der Waals surface area contributed by atoms with Gasteiger partial charge in [-0.3, -0.25) is 19.7 Å². The summed E-state index contributed by atoms with van der Waals surface area (Å²) in [6.45, 7) is 5.92. The van der Waals surface area contributed by atoms with Crippen LogP contribution in [0.1, 0.15) is 23.6 Å². The summed E-state index contributed by atoms with van der Waals surface area (Å²) < 4.78 is 12.1. The van der Waals surface area contributed by atoms with E-state index in [4.69, 9.17) is 9.47 Å². The van der Waals surface area contributed by atoms with Gasteiger partial charge in [-0.1, -0.05) is 12.1 Å². The molecule has 0 bridgehead atoms. The fraction of sp³-hybridized carbons (Fsp3) is 0.172. The fourth-order valence-electron chi connectivity index (χ4n) is 3.91. The number of nitrogens with one attached hydrogen (secondary N) is 2. The van der Waals surface area contributed by atoms with E-state index in [2.05, 4.69) is 42.5 Å². The first-order valence-corrected chi connectivity index (χ1v) is 13.8. The van der Waals surface area contributed by atoms with Gasteiger partial charge in [0.1, 0.15) is 17.1 Å². The summed E-state index contributed by atoms with van der Waals surface area (Å²) in [5.74, 6) is -0.963. The molecule has 0 spiro atoms. The van der Waals surface area contributed by atoms with Crippen LogP contribution in [-0.2, 0) is 14.4 Å². The van der Waals surface area contributed by atoms with Gasteiger partial charge in [-0.15, -0.1) is 0 Å². The molecule has 11 heteroatoms. The monoisotopic (exact) mass is 669 g/mol. The molecule has 3 aromatic carbocycles. The first kappa shape index (κ1) is 29.0. The molecule has 0 radical (unpaired) electrons. The Morgan fingerprint density at radius 3 is 2.30 bits per heavy atom. The lowest BCUT2D eigenvalue weighted by molar-refractivity contribution is -0.122. The number of rotatable bonds is 8. The lowest BCUT2D eigenvalue weighted by atomic mass is 10.1. The molecule has 4 rings (SSSR count). The molecule has 3 aromatic rings. The second-order valence-electron chi connectivity index (χ2n) is 8.85. The van der Waals surface area contributed by atoms with Crippen molar-refractivity contribution in [3.63, 3.8) is 0 Å². The summed E-state index contributed by atoms with van der Waals surface area (Å²) >= 11 is 6.86. The molecule has 9 nitrogen and oxygen atoms in total. The molecule has 1 aliphatic rings. The summed E-state index contributed by atoms with van der Waals surface area (Å²) in [4.78, 5) is 51.7. The van der Waals surface area contributed by atoms with Gasteiger partial charge in [0.15, 0.2) is 6.61 Å². The highest BCUT2D eigenvalue weighted by Crippen LogP contribution is 2.36. The van der Waals surface area contributed by atoms with Gasteiger partial charge in [-0.05, 0) is 118 Å². The fourth-order valence-corrected chi connectivity index (χ4v) is 5.36. The maximum Gasteiger partial charge on any atom is 0.335 e. The molecular formula is C29H25Br2N3O6. The molecular weight excluding hydrogens is 646 g/mol. The number of aryl methyl sites for hydroxylation is 2. The number of hydrogen-bond donors (Lipinski definition) is 2. The van der Waals surface area contributed by atoms with E-state index in [-0.39, 0.29) is 23.8 Å². The average Bonchev–Trinajstić information content (AvgIpc) is 2.89. The third-order valence-electron chi connectivity index (χ3n) is 5.85. The smallest absolute Gasteiger partial charge is 0.335 e. The molecule has 206 valence electrons. The number of carbonyl (C=O) groups is 4. The van der Waals surface area contributed by atoms with E-state index >= 15 is 0 Å². The number of imide groups is 2. The Hall–Kier alpha value is -3.96. The zero-order valence-electron chi connectivity index (χ0n) is 21.8. The van der Waals surface area contributed by atoms with Crippen LogP contribution in [0.25, 0.3) is 6.08 Å². The zero-order valence-corrected chi connectivity index (χ0v) is 25.0. The zero-order chi connectivity index (χ0) is 29.0. The van der Waals surface area contributed by atoms with Gasteiger partial charge in [-0.25, -0.2) is 9.69 Å². The van der Waals surface area contributed by atoms with E-state index in [0.29, 0.717) is 38.3 Å². The van der Waals surface area contributed by atoms with Crippen molar-refractivity contribution in [3.8, 4) is 11.5 Å². The van der Waals surface area contributed by atoms with Crippen LogP contribution in [0.2, 0.25) is 0 Å². The second-order valence-corrected chi connectivity index (χ2v) is 10.6. The van der Waals surface area contributed by atoms with Crippen LogP contribution >= 0.6 is 31.9 Å². The van der Waals surface area contributed by atoms with Gasteiger partial charge in [-0.2, -0.15) is 0 Å². The van der Waals surface area contributed by atoms with Crippen LogP contribution in [0.15, 0.2) is 69.1 Å². The van der Waals surface area contributed by atoms with Crippen LogP contribution < -0.4 is 25.0 Å². The van der Waals surface area contributed by atoms with Gasteiger partial charge in [0.2, 0.25) is 0 Å². The summed E-state index contributed by atoms with van der Waals surface area (Å²) in [7, 11) is 0. The number of benzene rings is 3. The molecule has 0 unspecified atom stereocenters. The number of urea groups is 1. The Bertz CT molecular complexity index is 1510. The predicted molar refractivity (Wildman–Crippen MR) is 158 cm³/mol. The minimum atomic E-state index is -0.846. The maximum atomic E-state index is 13.2. The van der Waals surface area contributed by atoms with Crippen LogP contribution in [-0.4, -0.2) is 37.0 Å². The minimum Gasteiger partial charge on any atom is -0.494 e. The minimum absolute atomic E-state index is 0.228. The van der Waals surface area contributed by atoms with Crippen LogP contribution in [0, 0.1) is 13.8 Å². The Balaban J connectivity index is 1.51. The third-order valence-corrected chi connectivity index (χ3v) is 7.03. The van der Waals surface area contributed by atoms with Gasteiger partial charge < -0.3 is 14.8 Å². The normalized spacial score (nSPS) is 14.3. The summed E-state index contributed by atoms with van der Waals surface area (Å²) in [5.41, 5.74) is 3.20. The van der Waals surface area contributed by atoms with Crippen molar-refractivity contribution in [3.05, 3.63) is 85.8 Å². The molecule has 0 aliphatic carbocycles. The molecule has 1 fully saturated rings. The third kappa shape index (κ3) is 6.60. The van der Waals surface area contributed by atoms with Crippen LogP contribution in [0.5, 0.6) is 11.5 Å². The first-order chi connectivity index (χ1) is 19.1. The van der Waals surface area contributed by atoms with Gasteiger partial charge >= 0.3 is 6.03 Å². The molecule has 1 saturated heterocycles. The van der Waals surface area contributed by atoms with Gasteiger partial charge in [0.05, 0.1) is 21.2 Å². The van der Waals surface area contributed by atoms with Gasteiger partial charge in [0.25, 0.3) is 17.7 Å². The van der Waals surface area contributed by atoms with Crippen molar-refractivity contribution in [2.24, 2.45) is 0 Å². The molecule has 0 atom stereocenters. The van der Waals surface area contributed by atoms with E-state index in [1.807, 2.05) is 39.0 Å². The van der Waals surface area contributed by atoms with Crippen molar-refractivity contribution in [2.45, 2.75) is 20.8 Å². The van der Waals surface area contributed by atoms with Crippen LogP contribution in [0.4, 0.5) is 16.2 Å². The molecule has 1 aliphatic heterocycles. The van der Waals surface area contributed by atoms with E-state index < -0.39 is 17.8 Å². The Kier molecular flexibility index (Phi) is 9.06. The number of ether oxygens (including phenoxy) is 2. The highest BCUT2D eigenvalue weighted by molar-refractivity contribution is 9.11. The number of nitrogens with zero attached hydrogens (tertiary/aromatic N) is 1. The summed E-state index contributed by atoms with van der Waals surface area (Å²) in [5, 5.41) is 5.04. The first-order valence-electron chi connectivity index (χ1n) is 12.2. The quantitative estimate of drug-likeness (QED) is 0.228. The van der Waals surface area contributed by atoms with E-state index in [9.17, 15) is 19.2 Å². The van der Waals surface area contributed by atoms with Crippen LogP contribution in [0.3, 0.4) is 0 Å². The number of anilines is 2. The Labute approximate surface area is 247 Å². The van der Waals surface area contributed by atoms with Crippen molar-refractivity contribution in [1.29, 1.82) is 0 Å². The van der Waals surface area contributed by atoms with Gasteiger partial charge in [0, 0.05) is 5.69 Å². The number of barbiturate groups is 1. The predicted octanol–water partition coefficient (Wildman–Crippen LogP) is 5.91. The standard InChI is InChI=1S/C29H25Br2N3O6/c1-4-39-20-9-7-19(8-10-20)34-28(37)21(27(36)33-29(34)38)12-18-13-22(30)26(23(31)14-18)40-15-25(35)32-24-11-16(2)5-6-17(24)3/h5-14H,4,15H2,1-3H3,(H,32,35)(H,33,36,38)/b21-12+. The number of amides is 5. The summed E-state index contributed by atoms with van der Waals surface area (Å²) in [6.07, 6.45) is 1.37. The van der Waals surface area contributed by atoms with Crippen molar-refractivity contribution >= 4 is 73.1 Å². The number of halogens is 2. The molecule has 0 aromatic heterocycles. The number of carbonyl (C=O) groups excluding carboxylic acids is 4. The molecule has 0 saturated carbocycles. The largest absolute Gasteiger partial charge is 0.494 e. The van der Waals surface area contributed by atoms with Crippen molar-refractivity contribution in [2.75, 3.05) is 23.4 Å². The SMILES string of the molecule is CCOc1ccc(N2C(=O)NC(=O)/C(=C\c3cc(Br)c(OCC(=O)Nc4cc(C)ccc4C)c(Br)c3)C2=O)cc1. The average molecular weight is 671 g/mol. The second kappa shape index (κ2) is 12.5. The molecule has 5 amide bonds. The lowest BCUT2D eigenvalue weighted by Gasteiger charge is -2.26. The Morgan fingerprint density at radius 2 is 1.65 bits per heavy atom. The van der Waals surface area contributed by atoms with E-state index in [0.717, 1.165) is 16.0 Å². The highest BCUT2D eigenvalue weighted by Gasteiger charge is 2.36. The van der Waals surface area contributed by atoms with E-state index in [1.165, 1.54) is 6.08 Å².